The third kappa shape index (κ3) is 3.41. The van der Waals surface area contributed by atoms with Crippen LogP contribution < -0.4 is 5.56 Å². The highest BCUT2D eigenvalue weighted by molar-refractivity contribution is 5.69. The molecule has 3 rings (SSSR count). The lowest BCUT2D eigenvalue weighted by Crippen LogP contribution is -2.23. The number of aromatic amines is 1. The standard InChI is InChI=1S/C19H23N3O/c1-19(2,3)15-7-5-13(6-8-15)16-11-14(12-22-18(16)23)17-20-9-4-10-21-17/h4-5,9-12,15H,6-8H2,1-3H3,(H,22,23). The number of hydrogen-bond donors (Lipinski definition) is 1. The van der Waals surface area contributed by atoms with Crippen LogP contribution in [-0.4, -0.2) is 15.0 Å². The minimum absolute atomic E-state index is 0.0369. The van der Waals surface area contributed by atoms with Crippen molar-refractivity contribution in [1.29, 1.82) is 0 Å². The highest BCUT2D eigenvalue weighted by Crippen LogP contribution is 2.39. The van der Waals surface area contributed by atoms with E-state index in [1.54, 1.807) is 24.7 Å². The molecule has 1 atom stereocenters. The molecule has 2 heterocycles. The number of nitrogens with zero attached hydrogens (tertiary/aromatic N) is 2. The topological polar surface area (TPSA) is 58.6 Å². The fraction of sp³-hybridized carbons (Fsp3) is 0.421. The van der Waals surface area contributed by atoms with Gasteiger partial charge in [0.1, 0.15) is 0 Å². The molecular weight excluding hydrogens is 286 g/mol. The van der Waals surface area contributed by atoms with Crippen LogP contribution >= 0.6 is 0 Å². The quantitative estimate of drug-likeness (QED) is 0.910. The maximum atomic E-state index is 12.2. The van der Waals surface area contributed by atoms with E-state index >= 15 is 0 Å². The maximum Gasteiger partial charge on any atom is 0.255 e. The summed E-state index contributed by atoms with van der Waals surface area (Å²) >= 11 is 0. The van der Waals surface area contributed by atoms with Gasteiger partial charge in [-0.2, -0.15) is 0 Å². The van der Waals surface area contributed by atoms with Crippen molar-refractivity contribution in [2.24, 2.45) is 11.3 Å². The van der Waals surface area contributed by atoms with E-state index in [1.807, 2.05) is 6.07 Å². The highest BCUT2D eigenvalue weighted by Gasteiger charge is 2.27. The molecule has 120 valence electrons. The molecule has 1 aliphatic rings. The van der Waals surface area contributed by atoms with Crippen LogP contribution in [0.3, 0.4) is 0 Å². The van der Waals surface area contributed by atoms with E-state index < -0.39 is 0 Å². The molecule has 2 aromatic heterocycles. The van der Waals surface area contributed by atoms with Crippen LogP contribution in [0.4, 0.5) is 0 Å². The van der Waals surface area contributed by atoms with Crippen LogP contribution in [0.5, 0.6) is 0 Å². The minimum Gasteiger partial charge on any atom is -0.328 e. The lowest BCUT2D eigenvalue weighted by molar-refractivity contribution is 0.225. The Bertz CT molecular complexity index is 769. The SMILES string of the molecule is CC(C)(C)C1CC=C(c2cc(-c3ncccn3)c[nH]c2=O)CC1. The lowest BCUT2D eigenvalue weighted by Gasteiger charge is -2.33. The van der Waals surface area contributed by atoms with Gasteiger partial charge in [0.25, 0.3) is 5.56 Å². The number of aromatic nitrogens is 3. The monoisotopic (exact) mass is 309 g/mol. The molecule has 1 unspecified atom stereocenters. The van der Waals surface area contributed by atoms with Crippen LogP contribution in [0.2, 0.25) is 0 Å². The maximum absolute atomic E-state index is 12.2. The van der Waals surface area contributed by atoms with Gasteiger partial charge in [-0.05, 0) is 48.3 Å². The fourth-order valence-corrected chi connectivity index (χ4v) is 3.16. The van der Waals surface area contributed by atoms with E-state index in [-0.39, 0.29) is 5.56 Å². The molecule has 0 radical (unpaired) electrons. The molecular formula is C19H23N3O. The van der Waals surface area contributed by atoms with Gasteiger partial charge in [-0.3, -0.25) is 4.79 Å². The van der Waals surface area contributed by atoms with Crippen molar-refractivity contribution >= 4 is 5.57 Å². The molecule has 0 bridgehead atoms. The molecule has 1 aliphatic carbocycles. The molecule has 0 saturated carbocycles. The van der Waals surface area contributed by atoms with E-state index in [1.165, 1.54) is 0 Å². The second-order valence-electron chi connectivity index (χ2n) is 7.27. The number of H-pyrrole nitrogens is 1. The van der Waals surface area contributed by atoms with Gasteiger partial charge in [0.05, 0.1) is 0 Å². The molecule has 0 aliphatic heterocycles. The first kappa shape index (κ1) is 15.7. The molecule has 0 fully saturated rings. The summed E-state index contributed by atoms with van der Waals surface area (Å²) in [6, 6.07) is 3.70. The number of nitrogens with one attached hydrogen (secondary N) is 1. The molecule has 4 nitrogen and oxygen atoms in total. The Morgan fingerprint density at radius 3 is 2.57 bits per heavy atom. The Morgan fingerprint density at radius 2 is 1.96 bits per heavy atom. The fourth-order valence-electron chi connectivity index (χ4n) is 3.16. The second-order valence-corrected chi connectivity index (χ2v) is 7.27. The van der Waals surface area contributed by atoms with E-state index in [9.17, 15) is 4.79 Å². The Balaban J connectivity index is 1.92. The van der Waals surface area contributed by atoms with Crippen LogP contribution in [0.25, 0.3) is 17.0 Å². The summed E-state index contributed by atoms with van der Waals surface area (Å²) < 4.78 is 0. The summed E-state index contributed by atoms with van der Waals surface area (Å²) in [6.07, 6.45) is 10.4. The van der Waals surface area contributed by atoms with Gasteiger partial charge in [0, 0.05) is 29.7 Å². The van der Waals surface area contributed by atoms with Gasteiger partial charge in [0.15, 0.2) is 5.82 Å². The first-order chi connectivity index (χ1) is 10.9. The Hall–Kier alpha value is -2.23. The number of allylic oxidation sites excluding steroid dienone is 2. The van der Waals surface area contributed by atoms with E-state index in [2.05, 4.69) is 41.8 Å². The van der Waals surface area contributed by atoms with E-state index in [4.69, 9.17) is 0 Å². The van der Waals surface area contributed by atoms with E-state index in [0.717, 1.165) is 36.0 Å². The van der Waals surface area contributed by atoms with Crippen molar-refractivity contribution in [1.82, 2.24) is 15.0 Å². The number of rotatable bonds is 2. The van der Waals surface area contributed by atoms with Gasteiger partial charge in [-0.25, -0.2) is 9.97 Å². The number of pyridine rings is 1. The smallest absolute Gasteiger partial charge is 0.255 e. The van der Waals surface area contributed by atoms with Gasteiger partial charge < -0.3 is 4.98 Å². The van der Waals surface area contributed by atoms with Crippen molar-refractivity contribution in [3.63, 3.8) is 0 Å². The lowest BCUT2D eigenvalue weighted by atomic mass is 9.72. The predicted octanol–water partition coefficient (Wildman–Crippen LogP) is 4.06. The van der Waals surface area contributed by atoms with Crippen molar-refractivity contribution < 1.29 is 0 Å². The van der Waals surface area contributed by atoms with Crippen molar-refractivity contribution in [3.8, 4) is 11.4 Å². The summed E-state index contributed by atoms with van der Waals surface area (Å²) in [7, 11) is 0. The third-order valence-corrected chi connectivity index (χ3v) is 4.71. The van der Waals surface area contributed by atoms with Crippen molar-refractivity contribution in [2.75, 3.05) is 0 Å². The zero-order valence-corrected chi connectivity index (χ0v) is 14.0. The molecule has 23 heavy (non-hydrogen) atoms. The van der Waals surface area contributed by atoms with Crippen LogP contribution in [-0.2, 0) is 0 Å². The molecule has 2 aromatic rings. The summed E-state index contributed by atoms with van der Waals surface area (Å²) in [6.45, 7) is 6.87. The first-order valence-electron chi connectivity index (χ1n) is 8.14. The second kappa shape index (κ2) is 6.11. The zero-order chi connectivity index (χ0) is 16.4. The molecule has 0 aromatic carbocycles. The van der Waals surface area contributed by atoms with Gasteiger partial charge >= 0.3 is 0 Å². The Morgan fingerprint density at radius 1 is 1.22 bits per heavy atom. The Labute approximate surface area is 136 Å². The van der Waals surface area contributed by atoms with Crippen LogP contribution in [0.1, 0.15) is 45.6 Å². The summed E-state index contributed by atoms with van der Waals surface area (Å²) in [5.41, 5.74) is 3.02. The van der Waals surface area contributed by atoms with Crippen LogP contribution in [0, 0.1) is 11.3 Å². The molecule has 0 saturated heterocycles. The zero-order valence-electron chi connectivity index (χ0n) is 14.0. The number of hydrogen-bond acceptors (Lipinski definition) is 3. The average Bonchev–Trinajstić information content (AvgIpc) is 2.55. The summed E-state index contributed by atoms with van der Waals surface area (Å²) in [5, 5.41) is 0. The highest BCUT2D eigenvalue weighted by atomic mass is 16.1. The van der Waals surface area contributed by atoms with Crippen LogP contribution in [0.15, 0.2) is 41.6 Å². The molecule has 0 amide bonds. The normalized spacial score (nSPS) is 18.6. The van der Waals surface area contributed by atoms with E-state index in [0.29, 0.717) is 17.2 Å². The largest absolute Gasteiger partial charge is 0.328 e. The summed E-state index contributed by atoms with van der Waals surface area (Å²) in [4.78, 5) is 23.6. The molecule has 0 spiro atoms. The Kier molecular flexibility index (Phi) is 4.16. The van der Waals surface area contributed by atoms with Gasteiger partial charge in [-0.1, -0.05) is 26.8 Å². The molecule has 4 heteroatoms. The average molecular weight is 309 g/mol. The minimum atomic E-state index is -0.0369. The predicted molar refractivity (Wildman–Crippen MR) is 92.9 cm³/mol. The molecule has 1 N–H and O–H groups in total. The third-order valence-electron chi connectivity index (χ3n) is 4.71. The first-order valence-corrected chi connectivity index (χ1v) is 8.14. The van der Waals surface area contributed by atoms with Gasteiger partial charge in [-0.15, -0.1) is 0 Å². The summed E-state index contributed by atoms with van der Waals surface area (Å²) in [5.74, 6) is 1.31. The van der Waals surface area contributed by atoms with Gasteiger partial charge in [0.2, 0.25) is 0 Å². The van der Waals surface area contributed by atoms with Crippen molar-refractivity contribution in [3.05, 3.63) is 52.7 Å². The van der Waals surface area contributed by atoms with Crippen molar-refractivity contribution in [2.45, 2.75) is 40.0 Å².